The van der Waals surface area contributed by atoms with Gasteiger partial charge in [-0.25, -0.2) is 0 Å². The average Bonchev–Trinajstić information content (AvgIpc) is 2.46. The first kappa shape index (κ1) is 12.9. The van der Waals surface area contributed by atoms with Crippen molar-refractivity contribution in [1.29, 1.82) is 0 Å². The first-order chi connectivity index (χ1) is 9.72. The molecule has 0 aliphatic heterocycles. The Morgan fingerprint density at radius 3 is 2.55 bits per heavy atom. The Morgan fingerprint density at radius 1 is 0.950 bits per heavy atom. The highest BCUT2D eigenvalue weighted by Gasteiger charge is 2.05. The molecular formula is C17H14ClNO. The lowest BCUT2D eigenvalue weighted by atomic mass is 10.0. The van der Waals surface area contributed by atoms with Gasteiger partial charge in [0.05, 0.1) is 0 Å². The number of aryl methyl sites for hydroxylation is 2. The lowest BCUT2D eigenvalue weighted by Crippen LogP contribution is -2.07. The summed E-state index contributed by atoms with van der Waals surface area (Å²) >= 11 is 6.06. The van der Waals surface area contributed by atoms with E-state index in [2.05, 4.69) is 17.1 Å². The van der Waals surface area contributed by atoms with Gasteiger partial charge in [-0.05, 0) is 42.2 Å². The average molecular weight is 284 g/mol. The highest BCUT2D eigenvalue weighted by Crippen LogP contribution is 2.21. The SMILES string of the molecule is O=c1cc(CCc2ccccc2)c2cc(Cl)ccc2[nH]1. The van der Waals surface area contributed by atoms with Crippen LogP contribution in [0.25, 0.3) is 10.9 Å². The van der Waals surface area contributed by atoms with Gasteiger partial charge in [-0.15, -0.1) is 0 Å². The third-order valence-electron chi connectivity index (χ3n) is 3.42. The molecule has 3 rings (SSSR count). The maximum atomic E-state index is 11.7. The molecule has 0 fully saturated rings. The van der Waals surface area contributed by atoms with Crippen LogP contribution in [-0.4, -0.2) is 4.98 Å². The van der Waals surface area contributed by atoms with Crippen LogP contribution in [0, 0.1) is 0 Å². The number of benzene rings is 2. The van der Waals surface area contributed by atoms with E-state index < -0.39 is 0 Å². The zero-order valence-electron chi connectivity index (χ0n) is 10.9. The van der Waals surface area contributed by atoms with Gasteiger partial charge in [0.1, 0.15) is 0 Å². The van der Waals surface area contributed by atoms with E-state index in [9.17, 15) is 4.79 Å². The van der Waals surface area contributed by atoms with Crippen molar-refractivity contribution in [2.75, 3.05) is 0 Å². The number of fused-ring (bicyclic) bond motifs is 1. The molecule has 0 spiro atoms. The fourth-order valence-electron chi connectivity index (χ4n) is 2.43. The minimum absolute atomic E-state index is 0.0668. The smallest absolute Gasteiger partial charge is 0.248 e. The Bertz CT molecular complexity index is 793. The third-order valence-corrected chi connectivity index (χ3v) is 3.65. The van der Waals surface area contributed by atoms with E-state index in [4.69, 9.17) is 11.6 Å². The Kier molecular flexibility index (Phi) is 3.57. The zero-order valence-corrected chi connectivity index (χ0v) is 11.7. The molecule has 3 heteroatoms. The van der Waals surface area contributed by atoms with Gasteiger partial charge in [0.25, 0.3) is 0 Å². The summed E-state index contributed by atoms with van der Waals surface area (Å²) < 4.78 is 0. The Hall–Kier alpha value is -2.06. The lowest BCUT2D eigenvalue weighted by Gasteiger charge is -2.07. The van der Waals surface area contributed by atoms with Crippen LogP contribution in [0.5, 0.6) is 0 Å². The molecule has 2 nitrogen and oxygen atoms in total. The molecule has 0 aliphatic carbocycles. The van der Waals surface area contributed by atoms with E-state index in [-0.39, 0.29) is 5.56 Å². The van der Waals surface area contributed by atoms with E-state index in [0.717, 1.165) is 29.3 Å². The van der Waals surface area contributed by atoms with Crippen molar-refractivity contribution in [1.82, 2.24) is 4.98 Å². The summed E-state index contributed by atoms with van der Waals surface area (Å²) in [7, 11) is 0. The molecule has 0 saturated carbocycles. The van der Waals surface area contributed by atoms with E-state index in [1.165, 1.54) is 5.56 Å². The van der Waals surface area contributed by atoms with Crippen LogP contribution < -0.4 is 5.56 Å². The number of aromatic amines is 1. The van der Waals surface area contributed by atoms with Crippen molar-refractivity contribution in [2.45, 2.75) is 12.8 Å². The fourth-order valence-corrected chi connectivity index (χ4v) is 2.60. The number of hydrogen-bond acceptors (Lipinski definition) is 1. The van der Waals surface area contributed by atoms with Crippen molar-refractivity contribution < 1.29 is 0 Å². The molecule has 0 bridgehead atoms. The minimum Gasteiger partial charge on any atom is -0.322 e. The van der Waals surface area contributed by atoms with Crippen molar-refractivity contribution in [3.63, 3.8) is 0 Å². The maximum Gasteiger partial charge on any atom is 0.248 e. The van der Waals surface area contributed by atoms with E-state index >= 15 is 0 Å². The summed E-state index contributed by atoms with van der Waals surface area (Å²) in [6.07, 6.45) is 1.73. The van der Waals surface area contributed by atoms with E-state index in [1.54, 1.807) is 12.1 Å². The Morgan fingerprint density at radius 2 is 1.75 bits per heavy atom. The highest BCUT2D eigenvalue weighted by atomic mass is 35.5. The number of rotatable bonds is 3. The Labute approximate surface area is 122 Å². The number of aromatic nitrogens is 1. The van der Waals surface area contributed by atoms with Crippen LogP contribution in [0.3, 0.4) is 0 Å². The molecule has 3 aromatic rings. The lowest BCUT2D eigenvalue weighted by molar-refractivity contribution is 0.963. The number of pyridine rings is 1. The molecule has 0 aliphatic rings. The number of halogens is 1. The third kappa shape index (κ3) is 2.75. The standard InChI is InChI=1S/C17H14ClNO/c18-14-8-9-16-15(11-14)13(10-17(20)19-16)7-6-12-4-2-1-3-5-12/h1-5,8-11H,6-7H2,(H,19,20). The molecule has 0 unspecified atom stereocenters. The predicted octanol–water partition coefficient (Wildman–Crippen LogP) is 3.97. The molecule has 1 aromatic heterocycles. The first-order valence-electron chi connectivity index (χ1n) is 6.58. The molecule has 100 valence electrons. The second-order valence-electron chi connectivity index (χ2n) is 4.83. The number of hydrogen-bond donors (Lipinski definition) is 1. The van der Waals surface area contributed by atoms with Crippen LogP contribution in [0.1, 0.15) is 11.1 Å². The van der Waals surface area contributed by atoms with Crippen LogP contribution in [0.2, 0.25) is 5.02 Å². The summed E-state index contributed by atoms with van der Waals surface area (Å²) in [6, 6.07) is 17.5. The van der Waals surface area contributed by atoms with Gasteiger partial charge in [-0.3, -0.25) is 4.79 Å². The molecule has 0 atom stereocenters. The second kappa shape index (κ2) is 5.51. The summed E-state index contributed by atoms with van der Waals surface area (Å²) in [5, 5.41) is 1.71. The van der Waals surface area contributed by atoms with E-state index in [0.29, 0.717) is 5.02 Å². The topological polar surface area (TPSA) is 32.9 Å². The number of nitrogens with one attached hydrogen (secondary N) is 1. The first-order valence-corrected chi connectivity index (χ1v) is 6.95. The maximum absolute atomic E-state index is 11.7. The van der Waals surface area contributed by atoms with Crippen LogP contribution in [-0.2, 0) is 12.8 Å². The largest absolute Gasteiger partial charge is 0.322 e. The van der Waals surface area contributed by atoms with Crippen molar-refractivity contribution in [3.05, 3.63) is 81.1 Å². The molecule has 0 amide bonds. The molecule has 2 aromatic carbocycles. The summed E-state index contributed by atoms with van der Waals surface area (Å²) in [4.78, 5) is 14.6. The van der Waals surface area contributed by atoms with Crippen LogP contribution in [0.15, 0.2) is 59.4 Å². The second-order valence-corrected chi connectivity index (χ2v) is 5.27. The van der Waals surface area contributed by atoms with Gasteiger partial charge >= 0.3 is 0 Å². The van der Waals surface area contributed by atoms with E-state index in [1.807, 2.05) is 30.3 Å². The normalized spacial score (nSPS) is 10.8. The summed E-state index contributed by atoms with van der Waals surface area (Å²) in [6.45, 7) is 0. The van der Waals surface area contributed by atoms with Crippen molar-refractivity contribution >= 4 is 22.5 Å². The zero-order chi connectivity index (χ0) is 13.9. The van der Waals surface area contributed by atoms with Crippen LogP contribution >= 0.6 is 11.6 Å². The molecule has 0 saturated heterocycles. The summed E-state index contributed by atoms with van der Waals surface area (Å²) in [5.41, 5.74) is 3.07. The van der Waals surface area contributed by atoms with Gasteiger partial charge in [0, 0.05) is 22.0 Å². The minimum atomic E-state index is -0.0668. The van der Waals surface area contributed by atoms with Crippen LogP contribution in [0.4, 0.5) is 0 Å². The predicted molar refractivity (Wildman–Crippen MR) is 83.4 cm³/mol. The van der Waals surface area contributed by atoms with Crippen molar-refractivity contribution in [2.24, 2.45) is 0 Å². The van der Waals surface area contributed by atoms with Gasteiger partial charge < -0.3 is 4.98 Å². The quantitative estimate of drug-likeness (QED) is 0.775. The van der Waals surface area contributed by atoms with Gasteiger partial charge in [-0.2, -0.15) is 0 Å². The molecule has 20 heavy (non-hydrogen) atoms. The summed E-state index contributed by atoms with van der Waals surface area (Å²) in [5.74, 6) is 0. The van der Waals surface area contributed by atoms with Gasteiger partial charge in [0.2, 0.25) is 5.56 Å². The Balaban J connectivity index is 1.98. The highest BCUT2D eigenvalue weighted by molar-refractivity contribution is 6.31. The number of H-pyrrole nitrogens is 1. The van der Waals surface area contributed by atoms with Crippen molar-refractivity contribution in [3.8, 4) is 0 Å². The van der Waals surface area contributed by atoms with Gasteiger partial charge in [-0.1, -0.05) is 41.9 Å². The van der Waals surface area contributed by atoms with Gasteiger partial charge in [0.15, 0.2) is 0 Å². The fraction of sp³-hybridized carbons (Fsp3) is 0.118. The molecular weight excluding hydrogens is 270 g/mol. The molecule has 1 N–H and O–H groups in total. The monoisotopic (exact) mass is 283 g/mol. The molecule has 0 radical (unpaired) electrons. The molecule has 1 heterocycles.